The van der Waals surface area contributed by atoms with Crippen molar-refractivity contribution in [3.63, 3.8) is 0 Å². The van der Waals surface area contributed by atoms with Crippen molar-refractivity contribution in [2.24, 2.45) is 0 Å². The fourth-order valence-corrected chi connectivity index (χ4v) is 1.46. The summed E-state index contributed by atoms with van der Waals surface area (Å²) >= 11 is 0. The van der Waals surface area contributed by atoms with Crippen LogP contribution in [0.1, 0.15) is 13.3 Å². The van der Waals surface area contributed by atoms with E-state index in [2.05, 4.69) is 5.32 Å². The third kappa shape index (κ3) is 5.16. The van der Waals surface area contributed by atoms with Gasteiger partial charge in [0.05, 0.1) is 37.1 Å². The van der Waals surface area contributed by atoms with Crippen LogP contribution in [-0.2, 0) is 14.3 Å². The summed E-state index contributed by atoms with van der Waals surface area (Å²) in [4.78, 5) is 11.6. The molecule has 0 aliphatic carbocycles. The van der Waals surface area contributed by atoms with Gasteiger partial charge in [0.2, 0.25) is 5.91 Å². The Hall–Kier alpha value is -1.59. The maximum atomic E-state index is 11.6. The average Bonchev–Trinajstić information content (AvgIpc) is 2.32. The van der Waals surface area contributed by atoms with Crippen LogP contribution in [0, 0.1) is 0 Å². The van der Waals surface area contributed by atoms with Crippen LogP contribution in [0.5, 0.6) is 0 Å². The summed E-state index contributed by atoms with van der Waals surface area (Å²) in [7, 11) is 1.62. The number of hydrogen-bond donors (Lipinski definition) is 2. The lowest BCUT2D eigenvalue weighted by Gasteiger charge is -2.12. The first kappa shape index (κ1) is 14.5. The lowest BCUT2D eigenvalue weighted by atomic mass is 10.2. The topological polar surface area (TPSA) is 73.6 Å². The van der Waals surface area contributed by atoms with Crippen molar-refractivity contribution in [3.8, 4) is 0 Å². The van der Waals surface area contributed by atoms with Gasteiger partial charge >= 0.3 is 0 Å². The largest absolute Gasteiger partial charge is 0.397 e. The Morgan fingerprint density at radius 1 is 1.44 bits per heavy atom. The van der Waals surface area contributed by atoms with Crippen LogP contribution in [-0.4, -0.2) is 32.3 Å². The Balaban J connectivity index is 2.28. The molecule has 100 valence electrons. The molecule has 0 fully saturated rings. The van der Waals surface area contributed by atoms with E-state index in [1.54, 1.807) is 19.2 Å². The number of ether oxygens (including phenoxy) is 2. The maximum absolute atomic E-state index is 11.6. The molecule has 1 rings (SSSR count). The Morgan fingerprint density at radius 2 is 2.17 bits per heavy atom. The van der Waals surface area contributed by atoms with Crippen LogP contribution in [0.25, 0.3) is 0 Å². The third-order valence-electron chi connectivity index (χ3n) is 2.37. The number of carbonyl (C=O) groups excluding carboxylic acids is 1. The van der Waals surface area contributed by atoms with Gasteiger partial charge in [0.25, 0.3) is 0 Å². The molecule has 0 saturated carbocycles. The molecule has 1 amide bonds. The van der Waals surface area contributed by atoms with Crippen molar-refractivity contribution < 1.29 is 14.3 Å². The summed E-state index contributed by atoms with van der Waals surface area (Å²) in [5, 5.41) is 2.74. The number of carbonyl (C=O) groups is 1. The lowest BCUT2D eigenvalue weighted by Crippen LogP contribution is -2.20. The average molecular weight is 252 g/mol. The third-order valence-corrected chi connectivity index (χ3v) is 2.37. The quantitative estimate of drug-likeness (QED) is 0.724. The minimum absolute atomic E-state index is 0.00963. The number of amides is 1. The molecule has 3 N–H and O–H groups in total. The standard InChI is InChI=1S/C13H20N2O3/c1-10(9-17-2)18-8-7-13(16)15-12-6-4-3-5-11(12)14/h3-6,10H,7-9,14H2,1-2H3,(H,15,16). The monoisotopic (exact) mass is 252 g/mol. The minimum Gasteiger partial charge on any atom is -0.397 e. The molecule has 1 aromatic rings. The first-order valence-corrected chi connectivity index (χ1v) is 5.88. The number of benzene rings is 1. The van der Waals surface area contributed by atoms with Crippen LogP contribution in [0.2, 0.25) is 0 Å². The lowest BCUT2D eigenvalue weighted by molar-refractivity contribution is -0.117. The zero-order valence-corrected chi connectivity index (χ0v) is 10.8. The molecule has 0 aromatic heterocycles. The Labute approximate surface area is 107 Å². The van der Waals surface area contributed by atoms with Crippen LogP contribution in [0.4, 0.5) is 11.4 Å². The smallest absolute Gasteiger partial charge is 0.226 e. The number of nitrogens with two attached hydrogens (primary N) is 1. The molecule has 0 bridgehead atoms. The van der Waals surface area contributed by atoms with E-state index in [4.69, 9.17) is 15.2 Å². The zero-order valence-electron chi connectivity index (χ0n) is 10.8. The predicted molar refractivity (Wildman–Crippen MR) is 71.4 cm³/mol. The minimum atomic E-state index is -0.113. The molecule has 1 atom stereocenters. The van der Waals surface area contributed by atoms with E-state index in [1.165, 1.54) is 0 Å². The van der Waals surface area contributed by atoms with E-state index in [0.29, 0.717) is 31.0 Å². The molecular weight excluding hydrogens is 232 g/mol. The highest BCUT2D eigenvalue weighted by molar-refractivity contribution is 5.93. The summed E-state index contributed by atoms with van der Waals surface area (Å²) in [5.41, 5.74) is 6.91. The molecule has 0 radical (unpaired) electrons. The van der Waals surface area contributed by atoms with Gasteiger partial charge < -0.3 is 20.5 Å². The van der Waals surface area contributed by atoms with Gasteiger partial charge in [-0.15, -0.1) is 0 Å². The van der Waals surface area contributed by atoms with Crippen molar-refractivity contribution >= 4 is 17.3 Å². The van der Waals surface area contributed by atoms with Crippen molar-refractivity contribution in [2.45, 2.75) is 19.4 Å². The van der Waals surface area contributed by atoms with E-state index >= 15 is 0 Å². The molecule has 0 heterocycles. The molecule has 0 saturated heterocycles. The number of methoxy groups -OCH3 is 1. The fourth-order valence-electron chi connectivity index (χ4n) is 1.46. The second-order valence-corrected chi connectivity index (χ2v) is 4.02. The van der Waals surface area contributed by atoms with Gasteiger partial charge in [0, 0.05) is 7.11 Å². The number of hydrogen-bond acceptors (Lipinski definition) is 4. The van der Waals surface area contributed by atoms with E-state index in [0.717, 1.165) is 0 Å². The van der Waals surface area contributed by atoms with Crippen LogP contribution >= 0.6 is 0 Å². The van der Waals surface area contributed by atoms with Crippen LogP contribution < -0.4 is 11.1 Å². The molecule has 0 aliphatic rings. The first-order chi connectivity index (χ1) is 8.63. The van der Waals surface area contributed by atoms with E-state index < -0.39 is 0 Å². The second-order valence-electron chi connectivity index (χ2n) is 4.02. The van der Waals surface area contributed by atoms with Crippen molar-refractivity contribution in [2.75, 3.05) is 31.4 Å². The van der Waals surface area contributed by atoms with Gasteiger partial charge in [-0.1, -0.05) is 12.1 Å². The molecule has 1 unspecified atom stereocenters. The van der Waals surface area contributed by atoms with Crippen LogP contribution in [0.3, 0.4) is 0 Å². The molecule has 0 aliphatic heterocycles. The molecule has 0 spiro atoms. The summed E-state index contributed by atoms with van der Waals surface area (Å²) in [6, 6.07) is 7.15. The molecular formula is C13H20N2O3. The number of nitrogens with one attached hydrogen (secondary N) is 1. The normalized spacial score (nSPS) is 12.1. The van der Waals surface area contributed by atoms with Crippen molar-refractivity contribution in [1.82, 2.24) is 0 Å². The molecule has 1 aromatic carbocycles. The van der Waals surface area contributed by atoms with Crippen LogP contribution in [0.15, 0.2) is 24.3 Å². The Morgan fingerprint density at radius 3 is 2.83 bits per heavy atom. The van der Waals surface area contributed by atoms with Gasteiger partial charge in [-0.05, 0) is 19.1 Å². The Bertz CT molecular complexity index is 382. The number of nitrogen functional groups attached to an aromatic ring is 1. The van der Waals surface area contributed by atoms with Crippen molar-refractivity contribution in [1.29, 1.82) is 0 Å². The number of rotatable bonds is 7. The summed E-state index contributed by atoms with van der Waals surface area (Å²) in [6.07, 6.45) is 0.284. The predicted octanol–water partition coefficient (Wildman–Crippen LogP) is 1.65. The molecule has 5 nitrogen and oxygen atoms in total. The molecule has 18 heavy (non-hydrogen) atoms. The van der Waals surface area contributed by atoms with Gasteiger partial charge in [0.15, 0.2) is 0 Å². The van der Waals surface area contributed by atoms with E-state index in [-0.39, 0.29) is 12.0 Å². The van der Waals surface area contributed by atoms with Crippen molar-refractivity contribution in [3.05, 3.63) is 24.3 Å². The summed E-state index contributed by atoms with van der Waals surface area (Å²) in [6.45, 7) is 2.78. The van der Waals surface area contributed by atoms with Gasteiger partial charge in [0.1, 0.15) is 0 Å². The number of para-hydroxylation sites is 2. The van der Waals surface area contributed by atoms with Gasteiger partial charge in [-0.3, -0.25) is 4.79 Å². The maximum Gasteiger partial charge on any atom is 0.226 e. The zero-order chi connectivity index (χ0) is 13.4. The van der Waals surface area contributed by atoms with E-state index in [1.807, 2.05) is 19.1 Å². The van der Waals surface area contributed by atoms with Gasteiger partial charge in [-0.25, -0.2) is 0 Å². The first-order valence-electron chi connectivity index (χ1n) is 5.88. The summed E-state index contributed by atoms with van der Waals surface area (Å²) in [5.74, 6) is -0.113. The van der Waals surface area contributed by atoms with Gasteiger partial charge in [-0.2, -0.15) is 0 Å². The molecule has 5 heteroatoms. The van der Waals surface area contributed by atoms with E-state index in [9.17, 15) is 4.79 Å². The highest BCUT2D eigenvalue weighted by atomic mass is 16.5. The fraction of sp³-hybridized carbons (Fsp3) is 0.462. The summed E-state index contributed by atoms with van der Waals surface area (Å²) < 4.78 is 10.3. The SMILES string of the molecule is COCC(C)OCCC(=O)Nc1ccccc1N. The highest BCUT2D eigenvalue weighted by Gasteiger charge is 2.06. The highest BCUT2D eigenvalue weighted by Crippen LogP contribution is 2.16. The second kappa shape index (κ2) is 7.68. The Kier molecular flexibility index (Phi) is 6.18. The number of anilines is 2.